The molecule has 0 saturated heterocycles. The number of hydrogen-bond donors (Lipinski definition) is 7. The van der Waals surface area contributed by atoms with Crippen LogP contribution in [0.2, 0.25) is 0 Å². The summed E-state index contributed by atoms with van der Waals surface area (Å²) in [6, 6.07) is 4.39. The number of nitrogens with one attached hydrogen (secondary N) is 3. The smallest absolute Gasteiger partial charge is 0.185 e. The zero-order valence-corrected chi connectivity index (χ0v) is 13.2. The largest absolute Gasteiger partial charge is 0.388 e. The zero-order chi connectivity index (χ0) is 17.9. The SMILES string of the molecule is O=C1C(NNC(=S)NCc2ccc(F)cc2)[C@H](O)[C@@H](O)[C@H](O)[C@@H]1O. The van der Waals surface area contributed by atoms with E-state index in [1.807, 2.05) is 0 Å². The fraction of sp³-hybridized carbons (Fsp3) is 0.429. The number of carbonyl (C=O) groups excluding carboxylic acids is 1. The number of hydrazine groups is 1. The van der Waals surface area contributed by atoms with Gasteiger partial charge >= 0.3 is 0 Å². The molecule has 7 N–H and O–H groups in total. The van der Waals surface area contributed by atoms with Crippen molar-refractivity contribution in [1.29, 1.82) is 0 Å². The number of thiocarbonyl (C=S) groups is 1. The summed E-state index contributed by atoms with van der Waals surface area (Å²) in [4.78, 5) is 11.8. The van der Waals surface area contributed by atoms with Gasteiger partial charge in [-0.05, 0) is 29.9 Å². The number of ketones is 1. The molecule has 2 rings (SSSR count). The molecule has 8 nitrogen and oxygen atoms in total. The maximum absolute atomic E-state index is 12.8. The van der Waals surface area contributed by atoms with Gasteiger partial charge in [-0.25, -0.2) is 9.82 Å². The summed E-state index contributed by atoms with van der Waals surface area (Å²) >= 11 is 4.98. The lowest BCUT2D eigenvalue weighted by Gasteiger charge is -2.37. The first-order chi connectivity index (χ1) is 11.3. The molecule has 1 aromatic rings. The van der Waals surface area contributed by atoms with Crippen molar-refractivity contribution in [3.8, 4) is 0 Å². The molecular formula is C14H18FN3O5S. The molecule has 1 aromatic carbocycles. The third kappa shape index (κ3) is 4.23. The van der Waals surface area contributed by atoms with Gasteiger partial charge in [0, 0.05) is 6.54 Å². The lowest BCUT2D eigenvalue weighted by atomic mass is 9.85. The van der Waals surface area contributed by atoms with Gasteiger partial charge in [0.2, 0.25) is 0 Å². The van der Waals surface area contributed by atoms with Crippen molar-refractivity contribution >= 4 is 23.1 Å². The third-order valence-electron chi connectivity index (χ3n) is 3.67. The summed E-state index contributed by atoms with van der Waals surface area (Å²) in [7, 11) is 0. The average Bonchev–Trinajstić information content (AvgIpc) is 2.57. The van der Waals surface area contributed by atoms with Crippen LogP contribution < -0.4 is 16.2 Å². The summed E-state index contributed by atoms with van der Waals surface area (Å²) < 4.78 is 12.8. The minimum Gasteiger partial charge on any atom is -0.388 e. The third-order valence-corrected chi connectivity index (χ3v) is 3.92. The van der Waals surface area contributed by atoms with Gasteiger partial charge in [0.1, 0.15) is 36.3 Å². The highest BCUT2D eigenvalue weighted by atomic mass is 32.1. The Kier molecular flexibility index (Phi) is 6.15. The van der Waals surface area contributed by atoms with E-state index in [0.29, 0.717) is 6.54 Å². The van der Waals surface area contributed by atoms with Crippen molar-refractivity contribution in [2.24, 2.45) is 0 Å². The van der Waals surface area contributed by atoms with Crippen LogP contribution >= 0.6 is 12.2 Å². The first kappa shape index (κ1) is 18.6. The van der Waals surface area contributed by atoms with Crippen LogP contribution in [0.5, 0.6) is 0 Å². The molecule has 0 aromatic heterocycles. The number of Topliss-reactive ketones (excluding diaryl/α,β-unsaturated/α-hetero) is 1. The number of aliphatic hydroxyl groups is 4. The summed E-state index contributed by atoms with van der Waals surface area (Å²) in [5, 5.41) is 41.2. The first-order valence-electron chi connectivity index (χ1n) is 7.11. The molecular weight excluding hydrogens is 341 g/mol. The van der Waals surface area contributed by atoms with Gasteiger partial charge in [-0.15, -0.1) is 0 Å². The van der Waals surface area contributed by atoms with Crippen LogP contribution in [0.1, 0.15) is 5.56 Å². The molecule has 10 heteroatoms. The standard InChI is InChI=1S/C14H18FN3O5S/c15-7-3-1-6(2-4-7)5-16-14(24)18-17-8-9(19)11(21)13(23)12(22)10(8)20/h1-4,8-9,11-13,17,19,21-23H,5H2,(H2,16,18,24)/t8?,9-,11+,12+,13-/m0/s1. The quantitative estimate of drug-likeness (QED) is 0.234. The second kappa shape index (κ2) is 7.92. The second-order valence-corrected chi connectivity index (χ2v) is 5.78. The molecule has 0 spiro atoms. The lowest BCUT2D eigenvalue weighted by molar-refractivity contribution is -0.169. The van der Waals surface area contributed by atoms with Crippen LogP contribution in [0.25, 0.3) is 0 Å². The molecule has 5 atom stereocenters. The molecule has 0 heterocycles. The fourth-order valence-electron chi connectivity index (χ4n) is 2.24. The number of rotatable bonds is 4. The highest BCUT2D eigenvalue weighted by Crippen LogP contribution is 2.17. The van der Waals surface area contributed by atoms with E-state index in [1.165, 1.54) is 12.1 Å². The van der Waals surface area contributed by atoms with E-state index in [4.69, 9.17) is 12.2 Å². The molecule has 1 aliphatic rings. The van der Waals surface area contributed by atoms with Crippen molar-refractivity contribution < 1.29 is 29.6 Å². The number of benzene rings is 1. The van der Waals surface area contributed by atoms with E-state index in [9.17, 15) is 29.6 Å². The minimum absolute atomic E-state index is 0.0782. The molecule has 0 aliphatic heterocycles. The number of aliphatic hydroxyl groups excluding tert-OH is 4. The Balaban J connectivity index is 1.84. The molecule has 0 radical (unpaired) electrons. The van der Waals surface area contributed by atoms with Gasteiger partial charge in [0.05, 0.1) is 0 Å². The van der Waals surface area contributed by atoms with E-state index < -0.39 is 36.2 Å². The number of hydrogen-bond acceptors (Lipinski definition) is 7. The van der Waals surface area contributed by atoms with Crippen molar-refractivity contribution in [1.82, 2.24) is 16.2 Å². The van der Waals surface area contributed by atoms with Crippen LogP contribution in [0, 0.1) is 5.82 Å². The van der Waals surface area contributed by atoms with Crippen molar-refractivity contribution in [2.75, 3.05) is 0 Å². The van der Waals surface area contributed by atoms with Gasteiger partial charge in [-0.2, -0.15) is 0 Å². The monoisotopic (exact) mass is 359 g/mol. The normalized spacial score (nSPS) is 30.0. The minimum atomic E-state index is -1.82. The van der Waals surface area contributed by atoms with E-state index in [-0.39, 0.29) is 10.9 Å². The Morgan fingerprint density at radius 3 is 2.33 bits per heavy atom. The molecule has 1 fully saturated rings. The Morgan fingerprint density at radius 1 is 1.08 bits per heavy atom. The molecule has 1 aliphatic carbocycles. The van der Waals surface area contributed by atoms with Gasteiger partial charge in [-0.1, -0.05) is 12.1 Å². The highest BCUT2D eigenvalue weighted by molar-refractivity contribution is 7.80. The van der Waals surface area contributed by atoms with Crippen LogP contribution in [0.4, 0.5) is 4.39 Å². The van der Waals surface area contributed by atoms with E-state index >= 15 is 0 Å². The van der Waals surface area contributed by atoms with Crippen molar-refractivity contribution in [3.05, 3.63) is 35.6 Å². The molecule has 0 bridgehead atoms. The van der Waals surface area contributed by atoms with Crippen LogP contribution in [-0.2, 0) is 11.3 Å². The molecule has 24 heavy (non-hydrogen) atoms. The summed E-state index contributed by atoms with van der Waals surface area (Å²) in [5.74, 6) is -1.24. The predicted octanol–water partition coefficient (Wildman–Crippen LogP) is -2.31. The highest BCUT2D eigenvalue weighted by Gasteiger charge is 2.48. The van der Waals surface area contributed by atoms with Crippen molar-refractivity contribution in [3.63, 3.8) is 0 Å². The van der Waals surface area contributed by atoms with E-state index in [2.05, 4.69) is 16.2 Å². The van der Waals surface area contributed by atoms with Gasteiger partial charge < -0.3 is 25.7 Å². The number of halogens is 1. The molecule has 1 saturated carbocycles. The average molecular weight is 359 g/mol. The lowest BCUT2D eigenvalue weighted by Crippen LogP contribution is -2.68. The van der Waals surface area contributed by atoms with Gasteiger partial charge in [-0.3, -0.25) is 10.2 Å². The van der Waals surface area contributed by atoms with Crippen LogP contribution in [0.3, 0.4) is 0 Å². The maximum Gasteiger partial charge on any atom is 0.185 e. The summed E-state index contributed by atoms with van der Waals surface area (Å²) in [6.45, 7) is 0.291. The van der Waals surface area contributed by atoms with Gasteiger partial charge in [0.15, 0.2) is 10.9 Å². The van der Waals surface area contributed by atoms with Crippen LogP contribution in [0.15, 0.2) is 24.3 Å². The zero-order valence-electron chi connectivity index (χ0n) is 12.4. The maximum atomic E-state index is 12.8. The second-order valence-electron chi connectivity index (χ2n) is 5.38. The molecule has 0 amide bonds. The van der Waals surface area contributed by atoms with Crippen molar-refractivity contribution in [2.45, 2.75) is 37.0 Å². The topological polar surface area (TPSA) is 134 Å². The summed E-state index contributed by atoms with van der Waals surface area (Å²) in [6.07, 6.45) is -6.88. The molecule has 132 valence electrons. The van der Waals surface area contributed by atoms with Gasteiger partial charge in [0.25, 0.3) is 0 Å². The Bertz CT molecular complexity index is 603. The Morgan fingerprint density at radius 2 is 1.71 bits per heavy atom. The van der Waals surface area contributed by atoms with E-state index in [1.54, 1.807) is 12.1 Å². The summed E-state index contributed by atoms with van der Waals surface area (Å²) in [5.41, 5.74) is 5.63. The fourth-order valence-corrected chi connectivity index (χ4v) is 2.37. The van der Waals surface area contributed by atoms with E-state index in [0.717, 1.165) is 5.56 Å². The molecule has 1 unspecified atom stereocenters. The Hall–Kier alpha value is -1.69. The first-order valence-corrected chi connectivity index (χ1v) is 7.52. The Labute approximate surface area is 142 Å². The number of carbonyl (C=O) groups is 1. The van der Waals surface area contributed by atoms with Crippen LogP contribution in [-0.4, -0.2) is 61.8 Å². The predicted molar refractivity (Wildman–Crippen MR) is 84.9 cm³/mol.